The zero-order valence-corrected chi connectivity index (χ0v) is 19.6. The van der Waals surface area contributed by atoms with Crippen molar-refractivity contribution in [1.29, 1.82) is 0 Å². The van der Waals surface area contributed by atoms with Gasteiger partial charge >= 0.3 is 6.36 Å². The molecule has 0 N–H and O–H groups in total. The van der Waals surface area contributed by atoms with Gasteiger partial charge in [0.1, 0.15) is 5.75 Å². The van der Waals surface area contributed by atoms with Gasteiger partial charge in [0.25, 0.3) is 5.69 Å². The Bertz CT molecular complexity index is 1110. The Balaban J connectivity index is 0.00000158. The quantitative estimate of drug-likeness (QED) is 0.286. The maximum atomic E-state index is 12.4. The largest absolute Gasteiger partial charge is 0.573 e. The number of alkyl halides is 3. The number of aryl methyl sites for hydroxylation is 1. The first-order valence-electron chi connectivity index (χ1n) is 11.5. The van der Waals surface area contributed by atoms with E-state index >= 15 is 0 Å². The summed E-state index contributed by atoms with van der Waals surface area (Å²) >= 11 is 0. The number of likely N-dealkylation sites (tertiary alicyclic amines) is 1. The highest BCUT2D eigenvalue weighted by atomic mass is 19.4. The van der Waals surface area contributed by atoms with Crippen molar-refractivity contribution in [2.24, 2.45) is 0 Å². The van der Waals surface area contributed by atoms with Crippen molar-refractivity contribution in [2.45, 2.75) is 58.5 Å². The van der Waals surface area contributed by atoms with Crippen LogP contribution in [-0.4, -0.2) is 40.4 Å². The van der Waals surface area contributed by atoms with Crippen LogP contribution in [0.2, 0.25) is 0 Å². The average Bonchev–Trinajstić information content (AvgIpc) is 3.35. The molecule has 1 saturated heterocycles. The van der Waals surface area contributed by atoms with Crippen LogP contribution in [0.5, 0.6) is 5.75 Å². The number of nitrogens with zero attached hydrogens (tertiary/aromatic N) is 3. The van der Waals surface area contributed by atoms with E-state index in [4.69, 9.17) is 0 Å². The lowest BCUT2D eigenvalue weighted by Gasteiger charge is -2.21. The van der Waals surface area contributed by atoms with Crippen LogP contribution in [0.25, 0.3) is 10.9 Å². The second-order valence-corrected chi connectivity index (χ2v) is 8.22. The number of nitro groups is 1. The lowest BCUT2D eigenvalue weighted by molar-refractivity contribution is -0.384. The molecule has 1 aliphatic heterocycles. The number of aromatic nitrogens is 1. The second kappa shape index (κ2) is 10.9. The van der Waals surface area contributed by atoms with Crippen LogP contribution in [-0.2, 0) is 13.0 Å². The Morgan fingerprint density at radius 2 is 1.82 bits per heavy atom. The first-order chi connectivity index (χ1) is 16.2. The fourth-order valence-electron chi connectivity index (χ4n) is 4.48. The van der Waals surface area contributed by atoms with Gasteiger partial charge in [-0.25, -0.2) is 0 Å². The molecule has 3 aromatic rings. The summed E-state index contributed by atoms with van der Waals surface area (Å²) in [6.45, 7) is 5.85. The molecule has 1 aliphatic rings. The maximum absolute atomic E-state index is 12.4. The Labute approximate surface area is 197 Å². The zero-order chi connectivity index (χ0) is 24.9. The second-order valence-electron chi connectivity index (χ2n) is 8.22. The monoisotopic (exact) mass is 477 g/mol. The molecule has 2 heterocycles. The van der Waals surface area contributed by atoms with Crippen LogP contribution in [0, 0.1) is 10.1 Å². The van der Waals surface area contributed by atoms with Crippen LogP contribution < -0.4 is 4.74 Å². The minimum atomic E-state index is -4.73. The summed E-state index contributed by atoms with van der Waals surface area (Å²) in [5.41, 5.74) is 2.75. The molecule has 6 nitrogen and oxygen atoms in total. The lowest BCUT2D eigenvalue weighted by atomic mass is 10.1. The van der Waals surface area contributed by atoms with Crippen molar-refractivity contribution in [3.8, 4) is 5.75 Å². The van der Waals surface area contributed by atoms with Gasteiger partial charge in [0.05, 0.1) is 4.92 Å². The van der Waals surface area contributed by atoms with E-state index < -0.39 is 11.3 Å². The normalized spacial score (nSPS) is 16.4. The van der Waals surface area contributed by atoms with Gasteiger partial charge in [0, 0.05) is 47.7 Å². The molecule has 2 aromatic carbocycles. The molecule has 9 heteroatoms. The molecule has 0 radical (unpaired) electrons. The van der Waals surface area contributed by atoms with Crippen LogP contribution >= 0.6 is 0 Å². The summed E-state index contributed by atoms with van der Waals surface area (Å²) in [6.07, 6.45) is -0.940. The molecule has 4 rings (SSSR count). The lowest BCUT2D eigenvalue weighted by Crippen LogP contribution is -2.26. The summed E-state index contributed by atoms with van der Waals surface area (Å²) < 4.78 is 43.4. The highest BCUT2D eigenvalue weighted by Crippen LogP contribution is 2.29. The van der Waals surface area contributed by atoms with Crippen LogP contribution in [0.1, 0.15) is 44.4 Å². The Morgan fingerprint density at radius 1 is 1.12 bits per heavy atom. The van der Waals surface area contributed by atoms with E-state index in [0.717, 1.165) is 48.1 Å². The minimum absolute atomic E-state index is 0.0328. The number of fused-ring (bicyclic) bond motifs is 1. The Kier molecular flexibility index (Phi) is 8.19. The molecule has 184 valence electrons. The number of halogens is 3. The first-order valence-corrected chi connectivity index (χ1v) is 11.5. The van der Waals surface area contributed by atoms with Gasteiger partial charge in [0.2, 0.25) is 0 Å². The van der Waals surface area contributed by atoms with Crippen LogP contribution in [0.15, 0.2) is 48.5 Å². The molecule has 0 aliphatic carbocycles. The number of hydrogen-bond donors (Lipinski definition) is 0. The van der Waals surface area contributed by atoms with Crippen molar-refractivity contribution in [1.82, 2.24) is 9.47 Å². The highest BCUT2D eigenvalue weighted by molar-refractivity contribution is 5.83. The van der Waals surface area contributed by atoms with E-state index in [9.17, 15) is 23.3 Å². The number of non-ortho nitro benzene ring substituents is 1. The van der Waals surface area contributed by atoms with Crippen molar-refractivity contribution in [3.63, 3.8) is 0 Å². The van der Waals surface area contributed by atoms with Crippen LogP contribution in [0.3, 0.4) is 0 Å². The Hall–Kier alpha value is -3.07. The topological polar surface area (TPSA) is 60.5 Å². The molecule has 1 unspecified atom stereocenters. The van der Waals surface area contributed by atoms with Gasteiger partial charge < -0.3 is 14.2 Å². The van der Waals surface area contributed by atoms with Crippen molar-refractivity contribution in [3.05, 3.63) is 69.9 Å². The number of rotatable bonds is 7. The molecule has 0 bridgehead atoms. The van der Waals surface area contributed by atoms with E-state index in [-0.39, 0.29) is 11.4 Å². The van der Waals surface area contributed by atoms with E-state index in [1.165, 1.54) is 24.6 Å². The SMILES string of the molecule is CC.CN1CCCC1CCn1c(Cc2ccc(OC(F)(F)F)cc2)cc2cc([N+](=O)[O-])ccc21. The summed E-state index contributed by atoms with van der Waals surface area (Å²) in [5.74, 6) is -0.262. The number of ether oxygens (including phenoxy) is 1. The fourth-order valence-corrected chi connectivity index (χ4v) is 4.48. The average molecular weight is 478 g/mol. The van der Waals surface area contributed by atoms with E-state index in [0.29, 0.717) is 12.5 Å². The molecule has 1 atom stereocenters. The molecular weight excluding hydrogens is 447 g/mol. The molecule has 0 spiro atoms. The minimum Gasteiger partial charge on any atom is -0.406 e. The number of hydrogen-bond acceptors (Lipinski definition) is 4. The third-order valence-electron chi connectivity index (χ3n) is 6.08. The summed E-state index contributed by atoms with van der Waals surface area (Å²) in [6, 6.07) is 13.1. The van der Waals surface area contributed by atoms with E-state index in [2.05, 4.69) is 21.3 Å². The van der Waals surface area contributed by atoms with Crippen molar-refractivity contribution < 1.29 is 22.8 Å². The standard InChI is InChI=1S/C23H24F3N3O3.C2H6/c1-27-11-2-3-18(27)10-12-28-20(15-17-14-19(29(30)31)6-9-22(17)28)13-16-4-7-21(8-5-16)32-23(24,25)26;1-2/h4-9,14-15,18H,2-3,10-13H2,1H3;1-2H3. The zero-order valence-electron chi connectivity index (χ0n) is 19.6. The first kappa shape index (κ1) is 25.6. The third kappa shape index (κ3) is 6.28. The summed E-state index contributed by atoms with van der Waals surface area (Å²) in [5, 5.41) is 12.0. The number of nitro benzene ring substituents is 1. The molecule has 1 fully saturated rings. The molecule has 0 amide bonds. The highest BCUT2D eigenvalue weighted by Gasteiger charge is 2.31. The molecular formula is C25H30F3N3O3. The van der Waals surface area contributed by atoms with Gasteiger partial charge in [-0.15, -0.1) is 13.2 Å². The van der Waals surface area contributed by atoms with E-state index in [1.807, 2.05) is 19.9 Å². The summed E-state index contributed by atoms with van der Waals surface area (Å²) in [4.78, 5) is 13.1. The predicted molar refractivity (Wildman–Crippen MR) is 126 cm³/mol. The molecule has 34 heavy (non-hydrogen) atoms. The molecule has 1 aromatic heterocycles. The fraction of sp³-hybridized carbons (Fsp3) is 0.440. The van der Waals surface area contributed by atoms with E-state index in [1.54, 1.807) is 24.3 Å². The Morgan fingerprint density at radius 3 is 2.41 bits per heavy atom. The van der Waals surface area contributed by atoms with Gasteiger partial charge in [-0.1, -0.05) is 26.0 Å². The van der Waals surface area contributed by atoms with Crippen LogP contribution in [0.4, 0.5) is 18.9 Å². The van der Waals surface area contributed by atoms with Crippen molar-refractivity contribution in [2.75, 3.05) is 13.6 Å². The number of benzene rings is 2. The van der Waals surface area contributed by atoms with Gasteiger partial charge in [-0.3, -0.25) is 10.1 Å². The molecule has 0 saturated carbocycles. The van der Waals surface area contributed by atoms with Gasteiger partial charge in [0.15, 0.2) is 0 Å². The third-order valence-corrected chi connectivity index (χ3v) is 6.08. The predicted octanol–water partition coefficient (Wildman–Crippen LogP) is 6.55. The summed E-state index contributed by atoms with van der Waals surface area (Å²) in [7, 11) is 2.13. The van der Waals surface area contributed by atoms with Gasteiger partial charge in [-0.05, 0) is 62.7 Å². The van der Waals surface area contributed by atoms with Gasteiger partial charge in [-0.2, -0.15) is 0 Å². The van der Waals surface area contributed by atoms with Crippen molar-refractivity contribution >= 4 is 16.6 Å². The smallest absolute Gasteiger partial charge is 0.406 e. The maximum Gasteiger partial charge on any atom is 0.573 e.